The molecular weight excluding hydrogens is 464 g/mol. The molecule has 2 aromatic carbocycles. The molecule has 0 saturated heterocycles. The van der Waals surface area contributed by atoms with Crippen LogP contribution in [0.15, 0.2) is 47.5 Å². The predicted molar refractivity (Wildman–Crippen MR) is 137 cm³/mol. The Balaban J connectivity index is 2.66. The summed E-state index contributed by atoms with van der Waals surface area (Å²) in [7, 11) is 2.83. The number of phenolic OH excluding ortho intramolecular Hbond substituents is 2. The van der Waals surface area contributed by atoms with Crippen molar-refractivity contribution < 1.29 is 38.7 Å². The zero-order valence-electron chi connectivity index (χ0n) is 21.2. The maximum Gasteiger partial charge on any atom is 0.339 e. The van der Waals surface area contributed by atoms with Crippen LogP contribution in [0.4, 0.5) is 0 Å². The highest BCUT2D eigenvalue weighted by atomic mass is 16.5. The summed E-state index contributed by atoms with van der Waals surface area (Å²) in [6.07, 6.45) is 5.97. The van der Waals surface area contributed by atoms with Crippen LogP contribution in [-0.4, -0.2) is 49.6 Å². The van der Waals surface area contributed by atoms with Gasteiger partial charge in [-0.1, -0.05) is 38.8 Å². The van der Waals surface area contributed by atoms with Gasteiger partial charge in [0.1, 0.15) is 0 Å². The molecular formula is C28H34O8. The van der Waals surface area contributed by atoms with Gasteiger partial charge in [-0.15, -0.1) is 0 Å². The van der Waals surface area contributed by atoms with Gasteiger partial charge in [-0.3, -0.25) is 0 Å². The fraction of sp³-hybridized carbons (Fsp3) is 0.357. The van der Waals surface area contributed by atoms with E-state index in [4.69, 9.17) is 18.9 Å². The van der Waals surface area contributed by atoms with Crippen molar-refractivity contribution in [1.82, 2.24) is 0 Å². The summed E-state index contributed by atoms with van der Waals surface area (Å²) in [5.74, 6) is -1.09. The number of benzene rings is 2. The summed E-state index contributed by atoms with van der Waals surface area (Å²) >= 11 is 0. The van der Waals surface area contributed by atoms with E-state index in [1.807, 2.05) is 13.8 Å². The second-order valence-corrected chi connectivity index (χ2v) is 7.96. The van der Waals surface area contributed by atoms with Gasteiger partial charge in [0.25, 0.3) is 0 Å². The molecule has 2 N–H and O–H groups in total. The Labute approximate surface area is 211 Å². The average molecular weight is 499 g/mol. The van der Waals surface area contributed by atoms with Crippen LogP contribution >= 0.6 is 0 Å². The topological polar surface area (TPSA) is 112 Å². The largest absolute Gasteiger partial charge is 0.504 e. The molecule has 0 unspecified atom stereocenters. The Kier molecular flexibility index (Phi) is 11.4. The van der Waals surface area contributed by atoms with E-state index >= 15 is 0 Å². The number of carbonyl (C=O) groups excluding carboxylic acids is 2. The second kappa shape index (κ2) is 14.5. The van der Waals surface area contributed by atoms with Gasteiger partial charge in [0.05, 0.1) is 38.6 Å². The molecule has 0 spiro atoms. The van der Waals surface area contributed by atoms with Crippen LogP contribution in [0.2, 0.25) is 0 Å². The molecule has 0 radical (unpaired) electrons. The van der Waals surface area contributed by atoms with Crippen LogP contribution in [0.5, 0.6) is 23.0 Å². The van der Waals surface area contributed by atoms with E-state index in [0.717, 1.165) is 12.8 Å². The van der Waals surface area contributed by atoms with Crippen LogP contribution in [-0.2, 0) is 19.1 Å². The zero-order chi connectivity index (χ0) is 26.5. The van der Waals surface area contributed by atoms with E-state index in [-0.39, 0.29) is 47.4 Å². The second-order valence-electron chi connectivity index (χ2n) is 7.96. The van der Waals surface area contributed by atoms with Crippen LogP contribution in [0.1, 0.15) is 50.7 Å². The summed E-state index contributed by atoms with van der Waals surface area (Å²) in [4.78, 5) is 26.4. The van der Waals surface area contributed by atoms with Crippen molar-refractivity contribution in [2.24, 2.45) is 0 Å². The third-order valence-corrected chi connectivity index (χ3v) is 5.22. The molecule has 0 aliphatic heterocycles. The minimum atomic E-state index is -0.695. The molecule has 0 atom stereocenters. The average Bonchev–Trinajstić information content (AvgIpc) is 2.88. The molecule has 0 fully saturated rings. The molecule has 2 rings (SSSR count). The molecule has 0 aliphatic carbocycles. The van der Waals surface area contributed by atoms with Crippen molar-refractivity contribution >= 4 is 24.1 Å². The normalized spacial score (nSPS) is 11.7. The highest BCUT2D eigenvalue weighted by molar-refractivity contribution is 6.12. The monoisotopic (exact) mass is 498 g/mol. The highest BCUT2D eigenvalue weighted by Gasteiger charge is 2.24. The molecule has 0 heterocycles. The van der Waals surface area contributed by atoms with Gasteiger partial charge < -0.3 is 29.2 Å². The Morgan fingerprint density at radius 2 is 1.11 bits per heavy atom. The van der Waals surface area contributed by atoms with Gasteiger partial charge in [0, 0.05) is 0 Å². The number of unbranched alkanes of at least 4 members (excludes halogenated alkanes) is 2. The van der Waals surface area contributed by atoms with Crippen LogP contribution in [0.25, 0.3) is 12.2 Å². The zero-order valence-corrected chi connectivity index (χ0v) is 21.2. The van der Waals surface area contributed by atoms with Crippen LogP contribution in [0.3, 0.4) is 0 Å². The number of hydrogen-bond acceptors (Lipinski definition) is 8. The van der Waals surface area contributed by atoms with E-state index in [2.05, 4.69) is 0 Å². The van der Waals surface area contributed by atoms with E-state index in [9.17, 15) is 19.8 Å². The van der Waals surface area contributed by atoms with Gasteiger partial charge >= 0.3 is 11.9 Å². The smallest absolute Gasteiger partial charge is 0.339 e. The fourth-order valence-corrected chi connectivity index (χ4v) is 3.17. The first-order chi connectivity index (χ1) is 17.3. The molecule has 0 saturated carbocycles. The minimum Gasteiger partial charge on any atom is -0.504 e. The van der Waals surface area contributed by atoms with Crippen molar-refractivity contribution in [2.75, 3.05) is 27.4 Å². The van der Waals surface area contributed by atoms with Crippen LogP contribution < -0.4 is 9.47 Å². The standard InChI is InChI=1S/C28H34O8/c1-5-7-13-35-27(31)21(15-19-9-11-23(29)25(17-19)33-3)22(28(32)36-14-8-6-2)16-20-10-12-24(30)26(18-20)34-4/h9-12,15-18,29-30H,5-8,13-14H2,1-4H3/b21-15+,22-16+. The van der Waals surface area contributed by atoms with Gasteiger partial charge in [0.2, 0.25) is 0 Å². The Bertz CT molecular complexity index is 1010. The van der Waals surface area contributed by atoms with Crippen molar-refractivity contribution in [2.45, 2.75) is 39.5 Å². The molecule has 2 aromatic rings. The summed E-state index contributed by atoms with van der Waals surface area (Å²) in [5, 5.41) is 19.9. The predicted octanol–water partition coefficient (Wildman–Crippen LogP) is 5.27. The molecule has 0 aliphatic rings. The number of methoxy groups -OCH3 is 2. The first kappa shape index (κ1) is 28.3. The van der Waals surface area contributed by atoms with Crippen molar-refractivity contribution in [3.63, 3.8) is 0 Å². The van der Waals surface area contributed by atoms with Crippen molar-refractivity contribution in [3.8, 4) is 23.0 Å². The number of esters is 2. The van der Waals surface area contributed by atoms with E-state index < -0.39 is 11.9 Å². The number of ether oxygens (including phenoxy) is 4. The maximum atomic E-state index is 13.2. The Morgan fingerprint density at radius 1 is 0.722 bits per heavy atom. The van der Waals surface area contributed by atoms with E-state index in [0.29, 0.717) is 24.0 Å². The van der Waals surface area contributed by atoms with Crippen LogP contribution in [0, 0.1) is 0 Å². The highest BCUT2D eigenvalue weighted by Crippen LogP contribution is 2.31. The van der Waals surface area contributed by atoms with Gasteiger partial charge in [-0.2, -0.15) is 0 Å². The number of phenols is 2. The lowest BCUT2D eigenvalue weighted by Gasteiger charge is -2.14. The van der Waals surface area contributed by atoms with Gasteiger partial charge in [0.15, 0.2) is 23.0 Å². The number of aromatic hydroxyl groups is 2. The van der Waals surface area contributed by atoms with Crippen molar-refractivity contribution in [1.29, 1.82) is 0 Å². The lowest BCUT2D eigenvalue weighted by molar-refractivity contribution is -0.142. The number of carbonyl (C=O) groups is 2. The minimum absolute atomic E-state index is 0.0209. The molecule has 8 heteroatoms. The lowest BCUT2D eigenvalue weighted by atomic mass is 9.99. The SMILES string of the molecule is CCCCOC(=O)C(=C/c1ccc(O)c(OC)c1)/C(=C\c1ccc(O)c(OC)c1)C(=O)OCCCC. The van der Waals surface area contributed by atoms with Gasteiger partial charge in [-0.05, 0) is 60.4 Å². The number of hydrogen-bond donors (Lipinski definition) is 2. The molecule has 194 valence electrons. The first-order valence-corrected chi connectivity index (χ1v) is 11.9. The van der Waals surface area contributed by atoms with Crippen molar-refractivity contribution in [3.05, 3.63) is 58.7 Å². The lowest BCUT2D eigenvalue weighted by Crippen LogP contribution is -2.18. The molecule has 36 heavy (non-hydrogen) atoms. The molecule has 8 nitrogen and oxygen atoms in total. The van der Waals surface area contributed by atoms with E-state index in [1.54, 1.807) is 12.1 Å². The molecule has 0 bridgehead atoms. The fourth-order valence-electron chi connectivity index (χ4n) is 3.17. The third-order valence-electron chi connectivity index (χ3n) is 5.22. The molecule has 0 amide bonds. The molecule has 0 aromatic heterocycles. The summed E-state index contributed by atoms with van der Waals surface area (Å²) in [6.45, 7) is 4.33. The maximum absolute atomic E-state index is 13.2. The van der Waals surface area contributed by atoms with Gasteiger partial charge in [-0.25, -0.2) is 9.59 Å². The summed E-state index contributed by atoms with van der Waals surface area (Å²) < 4.78 is 21.3. The quantitative estimate of drug-likeness (QED) is 0.166. The van der Waals surface area contributed by atoms with E-state index in [1.165, 1.54) is 50.6 Å². The Morgan fingerprint density at radius 3 is 1.44 bits per heavy atom. The first-order valence-electron chi connectivity index (χ1n) is 11.9. The number of rotatable bonds is 13. The summed E-state index contributed by atoms with van der Waals surface area (Å²) in [5.41, 5.74) is 0.963. The Hall–Kier alpha value is -3.94. The summed E-state index contributed by atoms with van der Waals surface area (Å²) in [6, 6.07) is 9.11. The third kappa shape index (κ3) is 8.08.